The lowest BCUT2D eigenvalue weighted by atomic mass is 10.0. The topological polar surface area (TPSA) is 63.6 Å². The number of ether oxygens (including phenoxy) is 1. The second-order valence-corrected chi connectivity index (χ2v) is 8.12. The van der Waals surface area contributed by atoms with Crippen molar-refractivity contribution in [1.29, 1.82) is 0 Å². The molecule has 0 aromatic rings. The quantitative estimate of drug-likeness (QED) is 0.152. The summed E-state index contributed by atoms with van der Waals surface area (Å²) in [5.74, 6) is -0.863. The van der Waals surface area contributed by atoms with E-state index in [-0.39, 0.29) is 12.4 Å². The largest absolute Gasteiger partial charge is 0.481 e. The molecule has 4 heteroatoms. The summed E-state index contributed by atoms with van der Waals surface area (Å²) in [6, 6.07) is 0. The van der Waals surface area contributed by atoms with Crippen LogP contribution in [0.25, 0.3) is 0 Å². The predicted octanol–water partition coefficient (Wildman–Crippen LogP) is 7.44. The standard InChI is InChI=1S/C24H46O4/c1-2-3-4-5-6-7-8-9-10-11-12-13-14-15-18-21-24(27)28-22-19-16-17-20-23(25)26/h2-22H2,1H3,(H,25,26). The van der Waals surface area contributed by atoms with Crippen molar-refractivity contribution in [3.8, 4) is 0 Å². The van der Waals surface area contributed by atoms with Gasteiger partial charge in [0.1, 0.15) is 0 Å². The van der Waals surface area contributed by atoms with Gasteiger partial charge in [-0.2, -0.15) is 0 Å². The van der Waals surface area contributed by atoms with E-state index in [4.69, 9.17) is 9.84 Å². The molecule has 1 N–H and O–H groups in total. The molecule has 0 atom stereocenters. The van der Waals surface area contributed by atoms with Gasteiger partial charge in [0.05, 0.1) is 6.61 Å². The molecule has 0 aliphatic rings. The predicted molar refractivity (Wildman–Crippen MR) is 117 cm³/mol. The minimum Gasteiger partial charge on any atom is -0.481 e. The smallest absolute Gasteiger partial charge is 0.305 e. The Kier molecular flexibility index (Phi) is 21.4. The molecule has 0 unspecified atom stereocenters. The molecule has 0 fully saturated rings. The van der Waals surface area contributed by atoms with E-state index in [1.54, 1.807) is 0 Å². The number of esters is 1. The van der Waals surface area contributed by atoms with Gasteiger partial charge in [0.2, 0.25) is 0 Å². The van der Waals surface area contributed by atoms with Gasteiger partial charge in [-0.1, -0.05) is 96.8 Å². The highest BCUT2D eigenvalue weighted by Gasteiger charge is 2.03. The fourth-order valence-electron chi connectivity index (χ4n) is 3.45. The molecule has 0 aromatic carbocycles. The van der Waals surface area contributed by atoms with Gasteiger partial charge in [0.25, 0.3) is 0 Å². The molecule has 0 heterocycles. The van der Waals surface area contributed by atoms with Crippen LogP contribution in [-0.2, 0) is 14.3 Å². The zero-order valence-corrected chi connectivity index (χ0v) is 18.5. The number of carbonyl (C=O) groups is 2. The highest BCUT2D eigenvalue weighted by atomic mass is 16.5. The lowest BCUT2D eigenvalue weighted by Crippen LogP contribution is -2.05. The fraction of sp³-hybridized carbons (Fsp3) is 0.917. The van der Waals surface area contributed by atoms with Crippen LogP contribution in [0.4, 0.5) is 0 Å². The number of hydrogen-bond acceptors (Lipinski definition) is 3. The van der Waals surface area contributed by atoms with E-state index >= 15 is 0 Å². The molecule has 28 heavy (non-hydrogen) atoms. The first-order chi connectivity index (χ1) is 13.7. The third kappa shape index (κ3) is 23.0. The Bertz CT molecular complexity index is 355. The number of carboxylic acid groups (broad SMARTS) is 1. The van der Waals surface area contributed by atoms with Gasteiger partial charge in [0.15, 0.2) is 0 Å². The van der Waals surface area contributed by atoms with Gasteiger partial charge >= 0.3 is 11.9 Å². The minimum absolute atomic E-state index is 0.104. The molecule has 166 valence electrons. The van der Waals surface area contributed by atoms with Crippen LogP contribution in [0.2, 0.25) is 0 Å². The average Bonchev–Trinajstić information content (AvgIpc) is 2.67. The van der Waals surface area contributed by atoms with Crippen molar-refractivity contribution in [2.45, 2.75) is 135 Å². The van der Waals surface area contributed by atoms with E-state index in [1.165, 1.54) is 83.5 Å². The van der Waals surface area contributed by atoms with E-state index in [9.17, 15) is 9.59 Å². The zero-order valence-electron chi connectivity index (χ0n) is 18.5. The lowest BCUT2D eigenvalue weighted by molar-refractivity contribution is -0.144. The van der Waals surface area contributed by atoms with Crippen LogP contribution in [-0.4, -0.2) is 23.7 Å². The zero-order chi connectivity index (χ0) is 20.7. The summed E-state index contributed by atoms with van der Waals surface area (Å²) < 4.78 is 5.18. The third-order valence-corrected chi connectivity index (χ3v) is 5.28. The highest BCUT2D eigenvalue weighted by molar-refractivity contribution is 5.69. The van der Waals surface area contributed by atoms with Crippen LogP contribution in [0.3, 0.4) is 0 Å². The number of hydrogen-bond donors (Lipinski definition) is 1. The summed E-state index contributed by atoms with van der Waals surface area (Å²) in [5, 5.41) is 8.54. The third-order valence-electron chi connectivity index (χ3n) is 5.28. The molecule has 4 nitrogen and oxygen atoms in total. The Balaban J connectivity index is 3.14. The Morgan fingerprint density at radius 3 is 1.43 bits per heavy atom. The normalized spacial score (nSPS) is 10.9. The first kappa shape index (κ1) is 26.9. The van der Waals surface area contributed by atoms with Crippen molar-refractivity contribution in [3.05, 3.63) is 0 Å². The van der Waals surface area contributed by atoms with Gasteiger partial charge in [-0.15, -0.1) is 0 Å². The lowest BCUT2D eigenvalue weighted by Gasteiger charge is -2.05. The van der Waals surface area contributed by atoms with Crippen molar-refractivity contribution in [2.75, 3.05) is 6.61 Å². The molecule has 0 amide bonds. The molecule has 0 aromatic heterocycles. The maximum atomic E-state index is 11.6. The van der Waals surface area contributed by atoms with E-state index in [1.807, 2.05) is 0 Å². The summed E-state index contributed by atoms with van der Waals surface area (Å²) in [7, 11) is 0. The maximum absolute atomic E-state index is 11.6. The molecule has 0 aliphatic heterocycles. The Morgan fingerprint density at radius 2 is 0.964 bits per heavy atom. The van der Waals surface area contributed by atoms with Crippen LogP contribution in [0, 0.1) is 0 Å². The van der Waals surface area contributed by atoms with Gasteiger partial charge in [-0.3, -0.25) is 9.59 Å². The number of carboxylic acids is 1. The van der Waals surface area contributed by atoms with Crippen molar-refractivity contribution in [2.24, 2.45) is 0 Å². The van der Waals surface area contributed by atoms with E-state index in [0.717, 1.165) is 25.7 Å². The van der Waals surface area contributed by atoms with Crippen molar-refractivity contribution in [3.63, 3.8) is 0 Å². The molecule has 0 saturated heterocycles. The highest BCUT2D eigenvalue weighted by Crippen LogP contribution is 2.13. The summed E-state index contributed by atoms with van der Waals surface area (Å²) in [6.07, 6.45) is 22.8. The van der Waals surface area contributed by atoms with E-state index in [0.29, 0.717) is 19.4 Å². The molecular weight excluding hydrogens is 352 g/mol. The van der Waals surface area contributed by atoms with Gasteiger partial charge in [0, 0.05) is 12.8 Å². The second-order valence-electron chi connectivity index (χ2n) is 8.12. The van der Waals surface area contributed by atoms with Gasteiger partial charge < -0.3 is 9.84 Å². The first-order valence-electron chi connectivity index (χ1n) is 12.0. The summed E-state index contributed by atoms with van der Waals surface area (Å²) in [4.78, 5) is 22.0. The molecule has 0 saturated carbocycles. The van der Waals surface area contributed by atoms with Crippen LogP contribution in [0.1, 0.15) is 135 Å². The number of rotatable bonds is 22. The van der Waals surface area contributed by atoms with E-state index in [2.05, 4.69) is 6.92 Å². The van der Waals surface area contributed by atoms with Crippen molar-refractivity contribution in [1.82, 2.24) is 0 Å². The molecule has 0 rings (SSSR count). The summed E-state index contributed by atoms with van der Waals surface area (Å²) in [5.41, 5.74) is 0. The minimum atomic E-state index is -0.759. The molecular formula is C24H46O4. The monoisotopic (exact) mass is 398 g/mol. The maximum Gasteiger partial charge on any atom is 0.305 e. The Labute approximate surface area is 173 Å². The SMILES string of the molecule is CCCCCCCCCCCCCCCCCC(=O)OCCCCCC(=O)O. The van der Waals surface area contributed by atoms with Crippen molar-refractivity contribution < 1.29 is 19.4 Å². The van der Waals surface area contributed by atoms with Crippen LogP contribution < -0.4 is 0 Å². The average molecular weight is 399 g/mol. The number of aliphatic carboxylic acids is 1. The van der Waals surface area contributed by atoms with Gasteiger partial charge in [-0.05, 0) is 25.7 Å². The Morgan fingerprint density at radius 1 is 0.571 bits per heavy atom. The first-order valence-corrected chi connectivity index (χ1v) is 12.0. The number of carbonyl (C=O) groups excluding carboxylic acids is 1. The number of unbranched alkanes of at least 4 members (excludes halogenated alkanes) is 16. The van der Waals surface area contributed by atoms with Crippen molar-refractivity contribution >= 4 is 11.9 Å². The molecule has 0 bridgehead atoms. The van der Waals surface area contributed by atoms with Gasteiger partial charge in [-0.25, -0.2) is 0 Å². The second kappa shape index (κ2) is 22.2. The molecule has 0 aliphatic carbocycles. The van der Waals surface area contributed by atoms with Crippen LogP contribution in [0.5, 0.6) is 0 Å². The molecule has 0 radical (unpaired) electrons. The summed E-state index contributed by atoms with van der Waals surface area (Å²) in [6.45, 7) is 2.70. The van der Waals surface area contributed by atoms with Crippen LogP contribution >= 0.6 is 0 Å². The Hall–Kier alpha value is -1.06. The summed E-state index contributed by atoms with van der Waals surface area (Å²) >= 11 is 0. The van der Waals surface area contributed by atoms with Crippen LogP contribution in [0.15, 0.2) is 0 Å². The fourth-order valence-corrected chi connectivity index (χ4v) is 3.45. The van der Waals surface area contributed by atoms with E-state index < -0.39 is 5.97 Å². The molecule has 0 spiro atoms.